The molecular formula is C21H25ClN4O2. The summed E-state index contributed by atoms with van der Waals surface area (Å²) in [6.07, 6.45) is 5.43. The van der Waals surface area contributed by atoms with Crippen molar-refractivity contribution < 1.29 is 9.53 Å². The maximum absolute atomic E-state index is 12.8. The maximum Gasteiger partial charge on any atom is 0.236 e. The third kappa shape index (κ3) is 4.51. The van der Waals surface area contributed by atoms with Crippen LogP contribution in [0, 0.1) is 0 Å². The Bertz CT molecular complexity index is 826. The summed E-state index contributed by atoms with van der Waals surface area (Å²) in [4.78, 5) is 26.2. The number of ether oxygens (including phenoxy) is 1. The fraction of sp³-hybridized carbons (Fsp3) is 0.476. The van der Waals surface area contributed by atoms with Gasteiger partial charge in [0.1, 0.15) is 0 Å². The van der Waals surface area contributed by atoms with Crippen molar-refractivity contribution in [2.45, 2.75) is 18.8 Å². The van der Waals surface area contributed by atoms with E-state index in [0.717, 1.165) is 49.4 Å². The van der Waals surface area contributed by atoms with Crippen LogP contribution in [0.4, 0.5) is 0 Å². The summed E-state index contributed by atoms with van der Waals surface area (Å²) in [7, 11) is 0. The number of piperidine rings is 1. The van der Waals surface area contributed by atoms with E-state index >= 15 is 0 Å². The predicted molar refractivity (Wildman–Crippen MR) is 108 cm³/mol. The number of hydrogen-bond donors (Lipinski definition) is 0. The highest BCUT2D eigenvalue weighted by molar-refractivity contribution is 6.30. The van der Waals surface area contributed by atoms with Crippen molar-refractivity contribution in [3.63, 3.8) is 0 Å². The number of carbonyl (C=O) groups excluding carboxylic acids is 1. The molecule has 2 aliphatic rings. The SMILES string of the molecule is O=C(CN1CCOCC1)N1CCC[C@H](c2nccnc2-c2cccc(Cl)c2)C1. The fourth-order valence-electron chi connectivity index (χ4n) is 3.98. The lowest BCUT2D eigenvalue weighted by Crippen LogP contribution is -2.47. The molecule has 7 heteroatoms. The number of rotatable bonds is 4. The summed E-state index contributed by atoms with van der Waals surface area (Å²) in [5.41, 5.74) is 2.78. The Hall–Kier alpha value is -2.02. The molecule has 148 valence electrons. The van der Waals surface area contributed by atoms with Crippen LogP contribution in [-0.4, -0.2) is 71.6 Å². The minimum atomic E-state index is 0.185. The van der Waals surface area contributed by atoms with E-state index in [-0.39, 0.29) is 11.8 Å². The van der Waals surface area contributed by atoms with Gasteiger partial charge in [-0.25, -0.2) is 0 Å². The first-order valence-electron chi connectivity index (χ1n) is 9.85. The van der Waals surface area contributed by atoms with Crippen LogP contribution in [-0.2, 0) is 9.53 Å². The third-order valence-electron chi connectivity index (χ3n) is 5.45. The van der Waals surface area contributed by atoms with Gasteiger partial charge >= 0.3 is 0 Å². The summed E-state index contributed by atoms with van der Waals surface area (Å²) >= 11 is 6.18. The Morgan fingerprint density at radius 2 is 2.00 bits per heavy atom. The van der Waals surface area contributed by atoms with Crippen molar-refractivity contribution in [3.05, 3.63) is 47.4 Å². The third-order valence-corrected chi connectivity index (χ3v) is 5.68. The monoisotopic (exact) mass is 400 g/mol. The molecule has 1 aromatic heterocycles. The minimum absolute atomic E-state index is 0.185. The van der Waals surface area contributed by atoms with Crippen molar-refractivity contribution in [2.75, 3.05) is 45.9 Å². The van der Waals surface area contributed by atoms with Gasteiger partial charge in [-0.2, -0.15) is 0 Å². The van der Waals surface area contributed by atoms with Gasteiger partial charge in [-0.15, -0.1) is 0 Å². The summed E-state index contributed by atoms with van der Waals surface area (Å²) < 4.78 is 5.37. The van der Waals surface area contributed by atoms with E-state index in [2.05, 4.69) is 14.9 Å². The number of hydrogen-bond acceptors (Lipinski definition) is 5. The van der Waals surface area contributed by atoms with Gasteiger partial charge in [0.15, 0.2) is 0 Å². The number of aromatic nitrogens is 2. The molecule has 0 N–H and O–H groups in total. The molecule has 2 aromatic rings. The molecular weight excluding hydrogens is 376 g/mol. The first kappa shape index (κ1) is 19.3. The van der Waals surface area contributed by atoms with Crippen LogP contribution in [0.1, 0.15) is 24.5 Å². The molecule has 6 nitrogen and oxygen atoms in total. The van der Waals surface area contributed by atoms with Crippen molar-refractivity contribution in [2.24, 2.45) is 0 Å². The largest absolute Gasteiger partial charge is 0.379 e. The van der Waals surface area contributed by atoms with Gasteiger partial charge in [-0.1, -0.05) is 23.7 Å². The molecule has 4 rings (SSSR count). The topological polar surface area (TPSA) is 58.6 Å². The molecule has 0 aliphatic carbocycles. The van der Waals surface area contributed by atoms with E-state index in [4.69, 9.17) is 16.3 Å². The van der Waals surface area contributed by atoms with Crippen LogP contribution in [0.3, 0.4) is 0 Å². The van der Waals surface area contributed by atoms with Gasteiger partial charge in [-0.3, -0.25) is 19.7 Å². The van der Waals surface area contributed by atoms with Crippen LogP contribution in [0.15, 0.2) is 36.7 Å². The molecule has 3 heterocycles. The normalized spacial score (nSPS) is 20.9. The second kappa shape index (κ2) is 8.99. The highest BCUT2D eigenvalue weighted by Crippen LogP contribution is 2.32. The number of morpholine rings is 1. The van der Waals surface area contributed by atoms with Crippen molar-refractivity contribution in [1.29, 1.82) is 0 Å². The highest BCUT2D eigenvalue weighted by Gasteiger charge is 2.29. The van der Waals surface area contributed by atoms with Gasteiger partial charge in [0, 0.05) is 55.1 Å². The van der Waals surface area contributed by atoms with E-state index < -0.39 is 0 Å². The quantitative estimate of drug-likeness (QED) is 0.789. The van der Waals surface area contributed by atoms with E-state index in [1.54, 1.807) is 12.4 Å². The zero-order valence-electron chi connectivity index (χ0n) is 15.9. The molecule has 1 amide bonds. The minimum Gasteiger partial charge on any atom is -0.379 e. The van der Waals surface area contributed by atoms with E-state index in [9.17, 15) is 4.79 Å². The van der Waals surface area contributed by atoms with Crippen molar-refractivity contribution in [3.8, 4) is 11.3 Å². The first-order valence-corrected chi connectivity index (χ1v) is 10.2. The number of amides is 1. The highest BCUT2D eigenvalue weighted by atomic mass is 35.5. The second-order valence-corrected chi connectivity index (χ2v) is 7.80. The fourth-order valence-corrected chi connectivity index (χ4v) is 4.17. The Morgan fingerprint density at radius 3 is 2.82 bits per heavy atom. The number of carbonyl (C=O) groups is 1. The molecule has 0 spiro atoms. The lowest BCUT2D eigenvalue weighted by atomic mass is 9.91. The lowest BCUT2D eigenvalue weighted by molar-refractivity contribution is -0.134. The average Bonchev–Trinajstić information content (AvgIpc) is 2.74. The number of halogens is 1. The summed E-state index contributed by atoms with van der Waals surface area (Å²) in [6, 6.07) is 7.70. The van der Waals surface area contributed by atoms with E-state index in [0.29, 0.717) is 31.3 Å². The van der Waals surface area contributed by atoms with Crippen molar-refractivity contribution in [1.82, 2.24) is 19.8 Å². The van der Waals surface area contributed by atoms with E-state index in [1.165, 1.54) is 0 Å². The van der Waals surface area contributed by atoms with Gasteiger partial charge in [0.2, 0.25) is 5.91 Å². The molecule has 2 fully saturated rings. The maximum atomic E-state index is 12.8. The second-order valence-electron chi connectivity index (χ2n) is 7.37. The molecule has 0 saturated carbocycles. The molecule has 1 aromatic carbocycles. The smallest absolute Gasteiger partial charge is 0.236 e. The van der Waals surface area contributed by atoms with Gasteiger partial charge in [0.05, 0.1) is 31.1 Å². The number of likely N-dealkylation sites (tertiary alicyclic amines) is 1. The molecule has 0 radical (unpaired) electrons. The zero-order chi connectivity index (χ0) is 19.3. The Morgan fingerprint density at radius 1 is 1.18 bits per heavy atom. The molecule has 28 heavy (non-hydrogen) atoms. The van der Waals surface area contributed by atoms with Crippen LogP contribution in [0.5, 0.6) is 0 Å². The standard InChI is InChI=1S/C21H25ClN4O2/c22-18-5-1-3-16(13-18)20-21(24-7-6-23-20)17-4-2-8-26(14-17)19(27)15-25-9-11-28-12-10-25/h1,3,5-7,13,17H,2,4,8-12,14-15H2/t17-/m0/s1. The molecule has 1 atom stereocenters. The zero-order valence-corrected chi connectivity index (χ0v) is 16.6. The van der Waals surface area contributed by atoms with Crippen molar-refractivity contribution >= 4 is 17.5 Å². The average molecular weight is 401 g/mol. The molecule has 0 bridgehead atoms. The number of nitrogens with zero attached hydrogens (tertiary/aromatic N) is 4. The Labute approximate surface area is 170 Å². The van der Waals surface area contributed by atoms with Gasteiger partial charge in [-0.05, 0) is 25.0 Å². The van der Waals surface area contributed by atoms with Crippen LogP contribution in [0.2, 0.25) is 5.02 Å². The van der Waals surface area contributed by atoms with Crippen LogP contribution in [0.25, 0.3) is 11.3 Å². The summed E-state index contributed by atoms with van der Waals surface area (Å²) in [5, 5.41) is 0.681. The molecule has 2 saturated heterocycles. The molecule has 0 unspecified atom stereocenters. The Balaban J connectivity index is 1.50. The number of benzene rings is 1. The summed E-state index contributed by atoms with van der Waals surface area (Å²) in [6.45, 7) is 5.04. The molecule has 2 aliphatic heterocycles. The van der Waals surface area contributed by atoms with Gasteiger partial charge < -0.3 is 9.64 Å². The van der Waals surface area contributed by atoms with Crippen LogP contribution < -0.4 is 0 Å². The lowest BCUT2D eigenvalue weighted by Gasteiger charge is -2.35. The first-order chi connectivity index (χ1) is 13.7. The van der Waals surface area contributed by atoms with Crippen LogP contribution >= 0.6 is 11.6 Å². The Kier molecular flexibility index (Phi) is 6.20. The van der Waals surface area contributed by atoms with Gasteiger partial charge in [0.25, 0.3) is 0 Å². The summed E-state index contributed by atoms with van der Waals surface area (Å²) in [5.74, 6) is 0.380. The van der Waals surface area contributed by atoms with E-state index in [1.807, 2.05) is 29.2 Å². The predicted octanol–water partition coefficient (Wildman–Crippen LogP) is 2.84.